The van der Waals surface area contributed by atoms with Crippen LogP contribution in [0.3, 0.4) is 0 Å². The number of nitrogens with zero attached hydrogens (tertiary/aromatic N) is 1. The van der Waals surface area contributed by atoms with Gasteiger partial charge in [-0.25, -0.2) is 4.98 Å². The average Bonchev–Trinajstić information content (AvgIpc) is 2.93. The molecule has 0 spiro atoms. The number of ether oxygens (including phenoxy) is 1. The van der Waals surface area contributed by atoms with E-state index in [2.05, 4.69) is 55.2 Å². The van der Waals surface area contributed by atoms with Gasteiger partial charge in [0.1, 0.15) is 5.75 Å². The van der Waals surface area contributed by atoms with Gasteiger partial charge in [-0.15, -0.1) is 0 Å². The van der Waals surface area contributed by atoms with Crippen molar-refractivity contribution < 1.29 is 9.53 Å². The number of carbonyl (C=O) groups is 1. The lowest BCUT2D eigenvalue weighted by molar-refractivity contribution is -0.118. The van der Waals surface area contributed by atoms with Crippen LogP contribution < -0.4 is 10.1 Å². The number of carbonyl (C=O) groups excluding carboxylic acids is 1. The molecular weight excluding hydrogens is 456 g/mol. The molecule has 0 aliphatic carbocycles. The smallest absolute Gasteiger partial charge is 0.264 e. The first-order valence-corrected chi connectivity index (χ1v) is 9.59. The zero-order valence-electron chi connectivity index (χ0n) is 13.0. The van der Waals surface area contributed by atoms with Gasteiger partial charge in [0.15, 0.2) is 11.7 Å². The highest BCUT2D eigenvalue weighted by Gasteiger charge is 2.11. The highest BCUT2D eigenvalue weighted by Crippen LogP contribution is 2.30. The van der Waals surface area contributed by atoms with Crippen molar-refractivity contribution in [2.45, 2.75) is 13.8 Å². The minimum Gasteiger partial charge on any atom is -0.483 e. The Morgan fingerprint density at radius 1 is 1.25 bits per heavy atom. The van der Waals surface area contributed by atoms with E-state index in [1.54, 1.807) is 6.07 Å². The van der Waals surface area contributed by atoms with E-state index in [1.165, 1.54) is 16.9 Å². The van der Waals surface area contributed by atoms with Crippen LogP contribution in [-0.2, 0) is 4.79 Å². The van der Waals surface area contributed by atoms with Crippen LogP contribution in [0.2, 0.25) is 0 Å². The number of hydrogen-bond acceptors (Lipinski definition) is 4. The van der Waals surface area contributed by atoms with Gasteiger partial charge in [0.05, 0.1) is 14.7 Å². The zero-order chi connectivity index (χ0) is 17.3. The summed E-state index contributed by atoms with van der Waals surface area (Å²) in [5.74, 6) is 0.377. The topological polar surface area (TPSA) is 51.2 Å². The number of halogens is 2. The number of aryl methyl sites for hydroxylation is 2. The van der Waals surface area contributed by atoms with Gasteiger partial charge < -0.3 is 4.74 Å². The Morgan fingerprint density at radius 2 is 2.04 bits per heavy atom. The van der Waals surface area contributed by atoms with Crippen LogP contribution in [0, 0.1) is 13.8 Å². The summed E-state index contributed by atoms with van der Waals surface area (Å²) in [5, 5.41) is 3.38. The molecule has 0 fully saturated rings. The summed E-state index contributed by atoms with van der Waals surface area (Å²) in [6, 6.07) is 9.61. The second-order valence-electron chi connectivity index (χ2n) is 5.28. The van der Waals surface area contributed by atoms with Gasteiger partial charge in [-0.3, -0.25) is 10.1 Å². The van der Waals surface area contributed by atoms with Crippen molar-refractivity contribution in [2.75, 3.05) is 11.9 Å². The van der Waals surface area contributed by atoms with Gasteiger partial charge in [-0.1, -0.05) is 33.3 Å². The molecule has 1 aromatic heterocycles. The van der Waals surface area contributed by atoms with Crippen LogP contribution in [0.4, 0.5) is 5.13 Å². The molecule has 1 heterocycles. The summed E-state index contributed by atoms with van der Waals surface area (Å²) in [7, 11) is 0. The highest BCUT2D eigenvalue weighted by molar-refractivity contribution is 9.11. The molecule has 0 saturated heterocycles. The van der Waals surface area contributed by atoms with Crippen molar-refractivity contribution in [3.8, 4) is 5.75 Å². The second-order valence-corrected chi connectivity index (χ2v) is 8.09. The van der Waals surface area contributed by atoms with Crippen LogP contribution in [0.15, 0.2) is 39.3 Å². The number of aromatic nitrogens is 1. The third kappa shape index (κ3) is 3.79. The maximum absolute atomic E-state index is 12.1. The van der Waals surface area contributed by atoms with Gasteiger partial charge in [0, 0.05) is 4.47 Å². The summed E-state index contributed by atoms with van der Waals surface area (Å²) in [4.78, 5) is 16.6. The van der Waals surface area contributed by atoms with Crippen molar-refractivity contribution >= 4 is 64.5 Å². The highest BCUT2D eigenvalue weighted by atomic mass is 79.9. The fourth-order valence-corrected chi connectivity index (χ4v) is 4.27. The normalized spacial score (nSPS) is 10.8. The Hall–Kier alpha value is -1.44. The van der Waals surface area contributed by atoms with Gasteiger partial charge in [-0.2, -0.15) is 0 Å². The van der Waals surface area contributed by atoms with E-state index < -0.39 is 0 Å². The molecule has 1 amide bonds. The van der Waals surface area contributed by atoms with Gasteiger partial charge in [0.2, 0.25) is 0 Å². The first-order chi connectivity index (χ1) is 11.4. The number of rotatable bonds is 4. The summed E-state index contributed by atoms with van der Waals surface area (Å²) < 4.78 is 8.32. The van der Waals surface area contributed by atoms with Crippen molar-refractivity contribution in [2.24, 2.45) is 0 Å². The molecule has 4 nitrogen and oxygen atoms in total. The van der Waals surface area contributed by atoms with Crippen molar-refractivity contribution in [1.29, 1.82) is 0 Å². The summed E-state index contributed by atoms with van der Waals surface area (Å²) >= 11 is 8.24. The third-order valence-electron chi connectivity index (χ3n) is 3.58. The number of hydrogen-bond donors (Lipinski definition) is 1. The summed E-state index contributed by atoms with van der Waals surface area (Å²) in [6.07, 6.45) is 0. The average molecular weight is 470 g/mol. The number of nitrogens with one attached hydrogen (secondary N) is 1. The van der Waals surface area contributed by atoms with Crippen molar-refractivity contribution in [3.63, 3.8) is 0 Å². The maximum Gasteiger partial charge on any atom is 0.264 e. The molecule has 7 heteroatoms. The van der Waals surface area contributed by atoms with E-state index in [1.807, 2.05) is 25.1 Å². The number of benzene rings is 2. The summed E-state index contributed by atoms with van der Waals surface area (Å²) in [6.45, 7) is 4.02. The Labute approximate surface area is 160 Å². The Bertz CT molecular complexity index is 924. The molecule has 1 N–H and O–H groups in total. The quantitative estimate of drug-likeness (QED) is 0.552. The SMILES string of the molecule is Cc1ccc2sc(NC(=O)COc3ccc(Br)cc3Br)nc2c1C. The van der Waals surface area contributed by atoms with Crippen LogP contribution in [-0.4, -0.2) is 17.5 Å². The number of anilines is 1. The van der Waals surface area contributed by atoms with Crippen molar-refractivity contribution in [1.82, 2.24) is 4.98 Å². The van der Waals surface area contributed by atoms with E-state index in [0.717, 1.165) is 24.7 Å². The number of thiazole rings is 1. The molecule has 0 bridgehead atoms. The van der Waals surface area contributed by atoms with Crippen LogP contribution in [0.5, 0.6) is 5.75 Å². The largest absolute Gasteiger partial charge is 0.483 e. The standard InChI is InChI=1S/C17H14Br2N2O2S/c1-9-3-6-14-16(10(9)2)21-17(24-14)20-15(22)8-23-13-5-4-11(18)7-12(13)19/h3-7H,8H2,1-2H3,(H,20,21,22). The molecule has 0 saturated carbocycles. The van der Waals surface area contributed by atoms with E-state index in [-0.39, 0.29) is 12.5 Å². The molecule has 3 rings (SSSR count). The fraction of sp³-hybridized carbons (Fsp3) is 0.176. The van der Waals surface area contributed by atoms with Crippen LogP contribution in [0.25, 0.3) is 10.2 Å². The summed E-state index contributed by atoms with van der Waals surface area (Å²) in [5.41, 5.74) is 3.26. The lowest BCUT2D eigenvalue weighted by Gasteiger charge is -2.07. The van der Waals surface area contributed by atoms with Crippen LogP contribution >= 0.6 is 43.2 Å². The predicted octanol–water partition coefficient (Wildman–Crippen LogP) is 5.46. The Morgan fingerprint density at radius 3 is 2.79 bits per heavy atom. The molecule has 0 aliphatic rings. The molecule has 0 unspecified atom stereocenters. The van der Waals surface area contributed by atoms with E-state index in [0.29, 0.717) is 10.9 Å². The minimum atomic E-state index is -0.238. The number of amides is 1. The molecule has 24 heavy (non-hydrogen) atoms. The number of fused-ring (bicyclic) bond motifs is 1. The molecule has 0 aliphatic heterocycles. The molecular formula is C17H14Br2N2O2S. The maximum atomic E-state index is 12.1. The molecule has 2 aromatic carbocycles. The lowest BCUT2D eigenvalue weighted by atomic mass is 10.1. The second kappa shape index (κ2) is 7.21. The predicted molar refractivity (Wildman–Crippen MR) is 105 cm³/mol. The minimum absolute atomic E-state index is 0.0752. The molecule has 0 radical (unpaired) electrons. The third-order valence-corrected chi connectivity index (χ3v) is 5.63. The first-order valence-electron chi connectivity index (χ1n) is 7.18. The van der Waals surface area contributed by atoms with Gasteiger partial charge >= 0.3 is 0 Å². The van der Waals surface area contributed by atoms with Gasteiger partial charge in [-0.05, 0) is 65.2 Å². The Balaban J connectivity index is 1.67. The zero-order valence-corrected chi connectivity index (χ0v) is 17.0. The molecule has 0 atom stereocenters. The van der Waals surface area contributed by atoms with E-state index >= 15 is 0 Å². The van der Waals surface area contributed by atoms with Crippen molar-refractivity contribution in [3.05, 3.63) is 50.4 Å². The first kappa shape index (κ1) is 17.4. The lowest BCUT2D eigenvalue weighted by Crippen LogP contribution is -2.20. The fourth-order valence-electron chi connectivity index (χ4n) is 2.17. The van der Waals surface area contributed by atoms with E-state index in [4.69, 9.17) is 4.74 Å². The molecule has 124 valence electrons. The van der Waals surface area contributed by atoms with E-state index in [9.17, 15) is 4.79 Å². The molecule has 3 aromatic rings. The monoisotopic (exact) mass is 468 g/mol. The Kier molecular flexibility index (Phi) is 5.22. The van der Waals surface area contributed by atoms with Crippen LogP contribution in [0.1, 0.15) is 11.1 Å². The van der Waals surface area contributed by atoms with Gasteiger partial charge in [0.25, 0.3) is 5.91 Å².